The minimum Gasteiger partial charge on any atom is -0.455 e. The summed E-state index contributed by atoms with van der Waals surface area (Å²) in [6, 6.07) is 11.0. The van der Waals surface area contributed by atoms with Crippen molar-refractivity contribution >= 4 is 23.1 Å². The molecule has 1 aromatic carbocycles. The van der Waals surface area contributed by atoms with Crippen LogP contribution >= 0.6 is 11.6 Å². The summed E-state index contributed by atoms with van der Waals surface area (Å²) in [6.07, 6.45) is 11.1. The number of benzene rings is 1. The predicted molar refractivity (Wildman–Crippen MR) is 161 cm³/mol. The first-order chi connectivity index (χ1) is 19.4. The van der Waals surface area contributed by atoms with Crippen LogP contribution in [0.4, 0.5) is 11.5 Å². The molecule has 8 nitrogen and oxygen atoms in total. The summed E-state index contributed by atoms with van der Waals surface area (Å²) in [7, 11) is 4.22. The topological polar surface area (TPSA) is 71.8 Å². The highest BCUT2D eigenvalue weighted by Gasteiger charge is 2.37. The maximum Gasteiger partial charge on any atom is 0.319 e. The highest BCUT2D eigenvalue weighted by molar-refractivity contribution is 6.33. The van der Waals surface area contributed by atoms with Crippen molar-refractivity contribution in [2.24, 2.45) is 0 Å². The Hall–Kier alpha value is -3.02. The molecule has 1 saturated carbocycles. The van der Waals surface area contributed by atoms with E-state index in [1.54, 1.807) is 0 Å². The van der Waals surface area contributed by atoms with Gasteiger partial charge >= 0.3 is 6.01 Å². The van der Waals surface area contributed by atoms with Crippen LogP contribution in [0.25, 0.3) is 0 Å². The number of hydrogen-bond acceptors (Lipinski definition) is 8. The molecule has 2 aliphatic heterocycles. The van der Waals surface area contributed by atoms with Gasteiger partial charge < -0.3 is 24.3 Å². The molecule has 9 heteroatoms. The van der Waals surface area contributed by atoms with Gasteiger partial charge in [-0.25, -0.2) is 0 Å². The predicted octanol–water partition coefficient (Wildman–Crippen LogP) is 5.27. The molecule has 40 heavy (non-hydrogen) atoms. The minimum absolute atomic E-state index is 0.117. The van der Waals surface area contributed by atoms with Crippen molar-refractivity contribution in [1.82, 2.24) is 19.8 Å². The molecule has 0 unspecified atom stereocenters. The molecule has 0 spiro atoms. The van der Waals surface area contributed by atoms with E-state index in [0.29, 0.717) is 19.0 Å². The van der Waals surface area contributed by atoms with E-state index in [0.717, 1.165) is 87.0 Å². The lowest BCUT2D eigenvalue weighted by Crippen LogP contribution is -2.52. The molecule has 0 N–H and O–H groups in total. The van der Waals surface area contributed by atoms with Crippen molar-refractivity contribution in [1.29, 1.82) is 5.26 Å². The maximum atomic E-state index is 9.55. The fourth-order valence-corrected chi connectivity index (χ4v) is 6.86. The van der Waals surface area contributed by atoms with Gasteiger partial charge in [0.05, 0.1) is 41.5 Å². The van der Waals surface area contributed by atoms with E-state index in [4.69, 9.17) is 26.3 Å². The molecule has 1 atom stereocenters. The summed E-state index contributed by atoms with van der Waals surface area (Å²) in [4.78, 5) is 19.4. The van der Waals surface area contributed by atoms with Gasteiger partial charge in [-0.1, -0.05) is 36.2 Å². The zero-order valence-electron chi connectivity index (χ0n) is 24.2. The van der Waals surface area contributed by atoms with Crippen LogP contribution < -0.4 is 14.5 Å². The molecule has 0 amide bonds. The SMILES string of the molecule is CC=CN1CCN(c2nc(OC3(CN(C)C)CCCCC3)nc3c2CCN(c2ccccc2Cl)C3)C[C@@H]1CC#N. The van der Waals surface area contributed by atoms with Crippen LogP contribution in [0.3, 0.4) is 0 Å². The van der Waals surface area contributed by atoms with E-state index in [1.165, 1.54) is 12.0 Å². The second kappa shape index (κ2) is 12.7. The van der Waals surface area contributed by atoms with Gasteiger partial charge in [-0.15, -0.1) is 0 Å². The number of aromatic nitrogens is 2. The molecular weight excluding hydrogens is 522 g/mol. The number of hydrogen-bond donors (Lipinski definition) is 0. The summed E-state index contributed by atoms with van der Waals surface area (Å²) in [5.74, 6) is 0.970. The normalized spacial score (nSPS) is 21.0. The summed E-state index contributed by atoms with van der Waals surface area (Å²) in [6.45, 7) is 6.82. The summed E-state index contributed by atoms with van der Waals surface area (Å²) >= 11 is 6.60. The van der Waals surface area contributed by atoms with Gasteiger partial charge in [0.2, 0.25) is 0 Å². The van der Waals surface area contributed by atoms with Crippen molar-refractivity contribution in [2.45, 2.75) is 70.1 Å². The Morgan fingerprint density at radius 2 is 1.93 bits per heavy atom. The van der Waals surface area contributed by atoms with Crippen LogP contribution in [-0.4, -0.2) is 78.2 Å². The number of rotatable bonds is 8. The Kier molecular flexibility index (Phi) is 9.02. The number of halogens is 1. The fourth-order valence-electron chi connectivity index (χ4n) is 6.60. The Balaban J connectivity index is 1.51. The molecule has 0 radical (unpaired) electrons. The van der Waals surface area contributed by atoms with Crippen LogP contribution in [0.15, 0.2) is 36.5 Å². The molecule has 214 valence electrons. The van der Waals surface area contributed by atoms with E-state index in [9.17, 15) is 5.26 Å². The first-order valence-electron chi connectivity index (χ1n) is 14.6. The number of likely N-dealkylation sites (N-methyl/N-ethyl adjacent to an activating group) is 1. The van der Waals surface area contributed by atoms with Crippen LogP contribution in [0.2, 0.25) is 5.02 Å². The lowest BCUT2D eigenvalue weighted by atomic mass is 9.84. The van der Waals surface area contributed by atoms with Crippen molar-refractivity contribution in [3.8, 4) is 12.1 Å². The lowest BCUT2D eigenvalue weighted by molar-refractivity contribution is 0.0000116. The van der Waals surface area contributed by atoms with E-state index < -0.39 is 0 Å². The van der Waals surface area contributed by atoms with E-state index in [1.807, 2.05) is 25.1 Å². The van der Waals surface area contributed by atoms with Gasteiger partial charge in [0.1, 0.15) is 11.4 Å². The molecule has 2 aromatic rings. The largest absolute Gasteiger partial charge is 0.455 e. The third-order valence-corrected chi connectivity index (χ3v) is 8.71. The number of piperazine rings is 1. The zero-order valence-corrected chi connectivity index (χ0v) is 24.9. The van der Waals surface area contributed by atoms with Crippen LogP contribution in [0, 0.1) is 11.3 Å². The Morgan fingerprint density at radius 1 is 1.12 bits per heavy atom. The number of nitriles is 1. The minimum atomic E-state index is -0.279. The highest BCUT2D eigenvalue weighted by Crippen LogP contribution is 2.37. The summed E-state index contributed by atoms with van der Waals surface area (Å²) in [5, 5.41) is 10.3. The van der Waals surface area contributed by atoms with Crippen LogP contribution in [0.1, 0.15) is 56.7 Å². The van der Waals surface area contributed by atoms with Crippen molar-refractivity contribution < 1.29 is 4.74 Å². The molecule has 3 heterocycles. The monoisotopic (exact) mass is 563 g/mol. The molecular formula is C31H42ClN7O. The quantitative estimate of drug-likeness (QED) is 0.430. The molecule has 0 bridgehead atoms. The number of nitrogens with zero attached hydrogens (tertiary/aromatic N) is 7. The number of anilines is 2. The number of para-hydroxylation sites is 1. The molecule has 2 fully saturated rings. The first-order valence-corrected chi connectivity index (χ1v) is 15.0. The molecule has 1 aliphatic carbocycles. The second-order valence-electron chi connectivity index (χ2n) is 11.6. The Morgan fingerprint density at radius 3 is 2.65 bits per heavy atom. The summed E-state index contributed by atoms with van der Waals surface area (Å²) < 4.78 is 6.84. The zero-order chi connectivity index (χ0) is 28.1. The first kappa shape index (κ1) is 28.5. The summed E-state index contributed by atoms with van der Waals surface area (Å²) in [5.41, 5.74) is 2.95. The van der Waals surface area contributed by atoms with Gasteiger partial charge in [0.15, 0.2) is 0 Å². The second-order valence-corrected chi connectivity index (χ2v) is 12.1. The average molecular weight is 564 g/mol. The standard InChI is InChI=1S/C31H42ClN7O/c1-4-17-37-19-20-39(21-24(37)12-16-33)29-25-13-18-38(28-11-7-6-10-26(28)32)22-27(25)34-30(35-29)40-31(23-36(2)3)14-8-5-9-15-31/h4,6-7,10-11,17,24H,5,8-9,12-15,18-23H2,1-3H3/t24-/m0/s1. The van der Waals surface area contributed by atoms with Gasteiger partial charge in [-0.05, 0) is 71.5 Å². The Labute approximate surface area is 244 Å². The third-order valence-electron chi connectivity index (χ3n) is 8.39. The number of allylic oxidation sites excluding steroid dienone is 1. The van der Waals surface area contributed by atoms with Crippen molar-refractivity contribution in [2.75, 3.05) is 56.6 Å². The van der Waals surface area contributed by atoms with Gasteiger partial charge in [-0.3, -0.25) is 0 Å². The molecule has 1 aromatic heterocycles. The molecule has 5 rings (SSSR count). The lowest BCUT2D eigenvalue weighted by Gasteiger charge is -2.43. The smallest absolute Gasteiger partial charge is 0.319 e. The van der Waals surface area contributed by atoms with E-state index in [2.05, 4.69) is 58.1 Å². The molecule has 3 aliphatic rings. The fraction of sp³-hybridized carbons (Fsp3) is 0.581. The number of fused-ring (bicyclic) bond motifs is 1. The maximum absolute atomic E-state index is 9.55. The highest BCUT2D eigenvalue weighted by atomic mass is 35.5. The van der Waals surface area contributed by atoms with Gasteiger partial charge in [-0.2, -0.15) is 15.2 Å². The average Bonchev–Trinajstić information content (AvgIpc) is 2.94. The van der Waals surface area contributed by atoms with E-state index in [-0.39, 0.29) is 11.6 Å². The van der Waals surface area contributed by atoms with E-state index >= 15 is 0 Å². The van der Waals surface area contributed by atoms with Gasteiger partial charge in [0.25, 0.3) is 0 Å². The number of ether oxygens (including phenoxy) is 1. The third kappa shape index (κ3) is 6.31. The van der Waals surface area contributed by atoms with Crippen molar-refractivity contribution in [3.63, 3.8) is 0 Å². The Bertz CT molecular complexity index is 1240. The van der Waals surface area contributed by atoms with Crippen LogP contribution in [0.5, 0.6) is 6.01 Å². The van der Waals surface area contributed by atoms with Gasteiger partial charge in [0, 0.05) is 38.3 Å². The van der Waals surface area contributed by atoms with Crippen LogP contribution in [-0.2, 0) is 13.0 Å². The molecule has 1 saturated heterocycles. The van der Waals surface area contributed by atoms with Crippen molar-refractivity contribution in [3.05, 3.63) is 52.8 Å².